The quantitative estimate of drug-likeness (QED) is 0.772. The second-order valence-electron chi connectivity index (χ2n) is 5.86. The van der Waals surface area contributed by atoms with Gasteiger partial charge in [-0.1, -0.05) is 29.3 Å². The van der Waals surface area contributed by atoms with E-state index in [0.29, 0.717) is 33.7 Å². The molecule has 6 heteroatoms. The summed E-state index contributed by atoms with van der Waals surface area (Å²) >= 11 is 12.6. The Balaban J connectivity index is 1.84. The molecule has 3 rings (SSSR count). The summed E-state index contributed by atoms with van der Waals surface area (Å²) in [6, 6.07) is 10.6. The second kappa shape index (κ2) is 7.98. The van der Waals surface area contributed by atoms with E-state index in [1.807, 2.05) is 25.1 Å². The van der Waals surface area contributed by atoms with E-state index >= 15 is 0 Å². The Kier molecular flexibility index (Phi) is 5.71. The summed E-state index contributed by atoms with van der Waals surface area (Å²) in [5, 5.41) is 4.02. The van der Waals surface area contributed by atoms with Crippen LogP contribution >= 0.6 is 23.2 Å². The van der Waals surface area contributed by atoms with Crippen LogP contribution in [0, 0.1) is 0 Å². The van der Waals surface area contributed by atoms with Crippen molar-refractivity contribution in [2.75, 3.05) is 29.9 Å². The van der Waals surface area contributed by atoms with Gasteiger partial charge in [0.1, 0.15) is 5.75 Å². The zero-order valence-electron chi connectivity index (χ0n) is 14.0. The van der Waals surface area contributed by atoms with Crippen LogP contribution < -0.4 is 15.0 Å². The van der Waals surface area contributed by atoms with E-state index in [4.69, 9.17) is 27.9 Å². The molecule has 0 atom stereocenters. The zero-order chi connectivity index (χ0) is 17.8. The molecule has 0 aromatic heterocycles. The van der Waals surface area contributed by atoms with Crippen LogP contribution in [0.5, 0.6) is 5.75 Å². The molecule has 0 spiro atoms. The first kappa shape index (κ1) is 17.9. The van der Waals surface area contributed by atoms with E-state index in [2.05, 4.69) is 10.2 Å². The number of hydrogen-bond acceptors (Lipinski definition) is 3. The molecule has 2 aromatic carbocycles. The lowest BCUT2D eigenvalue weighted by Crippen LogP contribution is -2.21. The number of carbonyl (C=O) groups is 1. The molecule has 4 nitrogen and oxygen atoms in total. The average Bonchev–Trinajstić information content (AvgIpc) is 3.11. The fourth-order valence-corrected chi connectivity index (χ4v) is 3.52. The maximum Gasteiger partial charge on any atom is 0.255 e. The third kappa shape index (κ3) is 4.02. The number of nitrogens with zero attached hydrogens (tertiary/aromatic N) is 1. The highest BCUT2D eigenvalue weighted by molar-refractivity contribution is 6.34. The summed E-state index contributed by atoms with van der Waals surface area (Å²) in [6.45, 7) is 4.30. The van der Waals surface area contributed by atoms with Crippen molar-refractivity contribution in [3.63, 3.8) is 0 Å². The molecular weight excluding hydrogens is 359 g/mol. The lowest BCUT2D eigenvalue weighted by atomic mass is 10.2. The molecule has 1 amide bonds. The maximum absolute atomic E-state index is 12.6. The predicted octanol–water partition coefficient (Wildman–Crippen LogP) is 5.24. The summed E-state index contributed by atoms with van der Waals surface area (Å²) in [5.41, 5.74) is 2.07. The van der Waals surface area contributed by atoms with Crippen LogP contribution in [0.25, 0.3) is 0 Å². The molecule has 1 aliphatic heterocycles. The Hall–Kier alpha value is -1.91. The van der Waals surface area contributed by atoms with Gasteiger partial charge in [-0.3, -0.25) is 4.79 Å². The molecule has 0 bridgehead atoms. The minimum Gasteiger partial charge on any atom is -0.492 e. The number of hydrogen-bond donors (Lipinski definition) is 1. The molecule has 0 saturated carbocycles. The fraction of sp³-hybridized carbons (Fsp3) is 0.316. The largest absolute Gasteiger partial charge is 0.492 e. The highest BCUT2D eigenvalue weighted by Gasteiger charge is 2.20. The second-order valence-corrected chi connectivity index (χ2v) is 6.68. The third-order valence-electron chi connectivity index (χ3n) is 4.15. The topological polar surface area (TPSA) is 41.6 Å². The van der Waals surface area contributed by atoms with Gasteiger partial charge in [-0.05, 0) is 50.1 Å². The Bertz CT molecular complexity index is 774. The lowest BCUT2D eigenvalue weighted by Gasteiger charge is -2.23. The first-order valence-electron chi connectivity index (χ1n) is 8.37. The standard InChI is InChI=1S/C19H20Cl2N2O2/c1-2-25-17-9-8-13(12-15(17)21)19(24)22-16-7-5-6-14(20)18(16)23-10-3-4-11-23/h5-9,12H,2-4,10-11H2,1H3,(H,22,24). The van der Waals surface area contributed by atoms with Crippen LogP contribution in [0.1, 0.15) is 30.1 Å². The first-order valence-corrected chi connectivity index (χ1v) is 9.13. The minimum absolute atomic E-state index is 0.229. The molecule has 1 fully saturated rings. The van der Waals surface area contributed by atoms with Crippen LogP contribution in [0.3, 0.4) is 0 Å². The lowest BCUT2D eigenvalue weighted by molar-refractivity contribution is 0.102. The molecule has 1 heterocycles. The van der Waals surface area contributed by atoms with E-state index in [-0.39, 0.29) is 5.91 Å². The number of carbonyl (C=O) groups excluding carboxylic acids is 1. The van der Waals surface area contributed by atoms with Crippen molar-refractivity contribution in [1.82, 2.24) is 0 Å². The van der Waals surface area contributed by atoms with Gasteiger partial charge in [-0.15, -0.1) is 0 Å². The minimum atomic E-state index is -0.229. The first-order chi connectivity index (χ1) is 12.1. The van der Waals surface area contributed by atoms with Crippen molar-refractivity contribution in [3.05, 3.63) is 52.0 Å². The van der Waals surface area contributed by atoms with Crippen LogP contribution in [-0.4, -0.2) is 25.6 Å². The molecule has 1 aliphatic rings. The van der Waals surface area contributed by atoms with Gasteiger partial charge in [0.15, 0.2) is 0 Å². The molecule has 1 saturated heterocycles. The number of para-hydroxylation sites is 1. The summed E-state index contributed by atoms with van der Waals surface area (Å²) in [7, 11) is 0. The Labute approximate surface area is 157 Å². The van der Waals surface area contributed by atoms with Crippen LogP contribution in [-0.2, 0) is 0 Å². The average molecular weight is 379 g/mol. The van der Waals surface area contributed by atoms with Gasteiger partial charge in [-0.2, -0.15) is 0 Å². The zero-order valence-corrected chi connectivity index (χ0v) is 15.5. The number of benzene rings is 2. The van der Waals surface area contributed by atoms with E-state index in [9.17, 15) is 4.79 Å². The molecule has 0 radical (unpaired) electrons. The van der Waals surface area contributed by atoms with Crippen molar-refractivity contribution in [2.45, 2.75) is 19.8 Å². The van der Waals surface area contributed by atoms with Crippen LogP contribution in [0.15, 0.2) is 36.4 Å². The van der Waals surface area contributed by atoms with Crippen LogP contribution in [0.4, 0.5) is 11.4 Å². The van der Waals surface area contributed by atoms with E-state index in [1.165, 1.54) is 0 Å². The van der Waals surface area contributed by atoms with Crippen molar-refractivity contribution in [1.29, 1.82) is 0 Å². The van der Waals surface area contributed by atoms with E-state index in [0.717, 1.165) is 31.6 Å². The molecular formula is C19H20Cl2N2O2. The number of halogens is 2. The molecule has 25 heavy (non-hydrogen) atoms. The van der Waals surface area contributed by atoms with Crippen molar-refractivity contribution in [2.24, 2.45) is 0 Å². The van der Waals surface area contributed by atoms with Gasteiger partial charge in [0, 0.05) is 18.7 Å². The van der Waals surface area contributed by atoms with Crippen molar-refractivity contribution >= 4 is 40.5 Å². The normalized spacial score (nSPS) is 13.8. The Morgan fingerprint density at radius 2 is 1.92 bits per heavy atom. The molecule has 1 N–H and O–H groups in total. The van der Waals surface area contributed by atoms with Gasteiger partial charge >= 0.3 is 0 Å². The van der Waals surface area contributed by atoms with E-state index < -0.39 is 0 Å². The van der Waals surface area contributed by atoms with Gasteiger partial charge in [0.05, 0.1) is 28.0 Å². The molecule has 0 aliphatic carbocycles. The van der Waals surface area contributed by atoms with Crippen LogP contribution in [0.2, 0.25) is 10.0 Å². The summed E-state index contributed by atoms with van der Waals surface area (Å²) in [4.78, 5) is 14.9. The molecule has 0 unspecified atom stereocenters. The van der Waals surface area contributed by atoms with Crippen molar-refractivity contribution < 1.29 is 9.53 Å². The predicted molar refractivity (Wildman–Crippen MR) is 103 cm³/mol. The third-order valence-corrected chi connectivity index (χ3v) is 4.75. The smallest absolute Gasteiger partial charge is 0.255 e. The monoisotopic (exact) mass is 378 g/mol. The Morgan fingerprint density at radius 1 is 1.16 bits per heavy atom. The molecule has 2 aromatic rings. The summed E-state index contributed by atoms with van der Waals surface area (Å²) in [5.74, 6) is 0.342. The van der Waals surface area contributed by atoms with Gasteiger partial charge in [0.2, 0.25) is 0 Å². The van der Waals surface area contributed by atoms with Gasteiger partial charge < -0.3 is 15.0 Å². The number of ether oxygens (including phenoxy) is 1. The highest BCUT2D eigenvalue weighted by Crippen LogP contribution is 2.36. The van der Waals surface area contributed by atoms with Gasteiger partial charge in [0.25, 0.3) is 5.91 Å². The summed E-state index contributed by atoms with van der Waals surface area (Å²) in [6.07, 6.45) is 2.26. The molecule has 132 valence electrons. The fourth-order valence-electron chi connectivity index (χ4n) is 2.99. The SMILES string of the molecule is CCOc1ccc(C(=O)Nc2cccc(Cl)c2N2CCCC2)cc1Cl. The number of rotatable bonds is 5. The van der Waals surface area contributed by atoms with Gasteiger partial charge in [-0.25, -0.2) is 0 Å². The maximum atomic E-state index is 12.6. The number of anilines is 2. The Morgan fingerprint density at radius 3 is 2.60 bits per heavy atom. The van der Waals surface area contributed by atoms with Crippen molar-refractivity contribution in [3.8, 4) is 5.75 Å². The number of nitrogens with one attached hydrogen (secondary N) is 1. The van der Waals surface area contributed by atoms with E-state index in [1.54, 1.807) is 18.2 Å². The number of amides is 1. The summed E-state index contributed by atoms with van der Waals surface area (Å²) < 4.78 is 5.40. The highest BCUT2D eigenvalue weighted by atomic mass is 35.5.